The smallest absolute Gasteiger partial charge is 0.120 e. The molecule has 3 nitrogen and oxygen atoms in total. The molecule has 2 aromatic rings. The summed E-state index contributed by atoms with van der Waals surface area (Å²) < 4.78 is 6.85. The number of fused-ring (bicyclic) bond motifs is 1. The Hall–Kier alpha value is -1.13. The highest BCUT2D eigenvalue weighted by atomic mass is 32.1. The van der Waals surface area contributed by atoms with Crippen molar-refractivity contribution in [2.45, 2.75) is 32.6 Å². The van der Waals surface area contributed by atoms with Crippen LogP contribution < -0.4 is 10.5 Å². The third-order valence-corrected chi connectivity index (χ3v) is 4.28. The summed E-state index contributed by atoms with van der Waals surface area (Å²) in [6.45, 7) is 5.76. The Kier molecular flexibility index (Phi) is 4.55. The van der Waals surface area contributed by atoms with Gasteiger partial charge in [0.25, 0.3) is 0 Å². The van der Waals surface area contributed by atoms with Crippen molar-refractivity contribution in [2.75, 3.05) is 13.2 Å². The third kappa shape index (κ3) is 3.00. The van der Waals surface area contributed by atoms with E-state index < -0.39 is 0 Å². The lowest BCUT2D eigenvalue weighted by molar-refractivity contribution is 0.314. The Morgan fingerprint density at radius 3 is 3.00 bits per heavy atom. The number of aromatic nitrogens is 1. The minimum atomic E-state index is 0.531. The van der Waals surface area contributed by atoms with Crippen LogP contribution in [0.15, 0.2) is 18.2 Å². The van der Waals surface area contributed by atoms with E-state index in [0.29, 0.717) is 19.1 Å². The van der Waals surface area contributed by atoms with Crippen LogP contribution in [0, 0.1) is 0 Å². The highest BCUT2D eigenvalue weighted by Crippen LogP contribution is 2.31. The molecule has 0 radical (unpaired) electrons. The highest BCUT2D eigenvalue weighted by molar-refractivity contribution is 7.18. The molecule has 0 fully saturated rings. The molecule has 0 amide bonds. The largest absolute Gasteiger partial charge is 0.493 e. The van der Waals surface area contributed by atoms with Gasteiger partial charge in [-0.15, -0.1) is 11.3 Å². The molecule has 0 saturated heterocycles. The Balaban J connectivity index is 2.17. The summed E-state index contributed by atoms with van der Waals surface area (Å²) in [7, 11) is 0. The molecule has 0 bridgehead atoms. The van der Waals surface area contributed by atoms with E-state index in [0.717, 1.165) is 24.1 Å². The van der Waals surface area contributed by atoms with Gasteiger partial charge in [-0.25, -0.2) is 4.98 Å². The topological polar surface area (TPSA) is 48.1 Å². The molecule has 0 aliphatic heterocycles. The second-order valence-corrected chi connectivity index (χ2v) is 5.54. The van der Waals surface area contributed by atoms with Crippen molar-refractivity contribution in [3.05, 3.63) is 23.2 Å². The second-order valence-electron chi connectivity index (χ2n) is 4.48. The van der Waals surface area contributed by atoms with E-state index in [1.165, 1.54) is 9.71 Å². The van der Waals surface area contributed by atoms with Gasteiger partial charge in [0.15, 0.2) is 0 Å². The van der Waals surface area contributed by atoms with Crippen LogP contribution in [-0.4, -0.2) is 18.1 Å². The van der Waals surface area contributed by atoms with Crippen LogP contribution >= 0.6 is 11.3 Å². The summed E-state index contributed by atoms with van der Waals surface area (Å²) in [4.78, 5) is 4.66. The summed E-state index contributed by atoms with van der Waals surface area (Å²) in [5.74, 6) is 1.44. The Morgan fingerprint density at radius 2 is 2.28 bits per heavy atom. The molecule has 1 atom stereocenters. The number of rotatable bonds is 6. The molecular weight excluding hydrogens is 244 g/mol. The van der Waals surface area contributed by atoms with Crippen molar-refractivity contribution >= 4 is 21.6 Å². The van der Waals surface area contributed by atoms with E-state index in [1.807, 2.05) is 12.1 Å². The molecule has 0 aliphatic carbocycles. The molecule has 1 aromatic carbocycles. The number of ether oxygens (including phenoxy) is 1. The van der Waals surface area contributed by atoms with Crippen LogP contribution in [0.1, 0.15) is 37.6 Å². The van der Waals surface area contributed by atoms with Gasteiger partial charge in [0.1, 0.15) is 5.75 Å². The van der Waals surface area contributed by atoms with Crippen LogP contribution in [-0.2, 0) is 0 Å². The molecule has 1 aromatic heterocycles. The molecule has 0 aliphatic rings. The number of nitrogens with zero attached hydrogens (tertiary/aromatic N) is 1. The van der Waals surface area contributed by atoms with E-state index in [2.05, 4.69) is 24.9 Å². The van der Waals surface area contributed by atoms with E-state index in [9.17, 15) is 0 Å². The first-order valence-electron chi connectivity index (χ1n) is 6.48. The molecule has 2 rings (SSSR count). The van der Waals surface area contributed by atoms with Crippen LogP contribution in [0.2, 0.25) is 0 Å². The van der Waals surface area contributed by atoms with Crippen LogP contribution in [0.3, 0.4) is 0 Å². The maximum atomic E-state index is 5.65. The predicted octanol–water partition coefficient (Wildman–Crippen LogP) is 3.54. The van der Waals surface area contributed by atoms with Crippen molar-refractivity contribution in [2.24, 2.45) is 5.73 Å². The minimum Gasteiger partial charge on any atom is -0.493 e. The predicted molar refractivity (Wildman–Crippen MR) is 77.5 cm³/mol. The summed E-state index contributed by atoms with van der Waals surface area (Å²) in [6.07, 6.45) is 2.01. The van der Waals surface area contributed by atoms with Gasteiger partial charge in [-0.05, 0) is 37.6 Å². The van der Waals surface area contributed by atoms with Gasteiger partial charge in [0, 0.05) is 5.92 Å². The Labute approximate surface area is 112 Å². The maximum absolute atomic E-state index is 5.65. The molecule has 2 N–H and O–H groups in total. The highest BCUT2D eigenvalue weighted by Gasteiger charge is 2.10. The molecule has 98 valence electrons. The van der Waals surface area contributed by atoms with Crippen LogP contribution in [0.5, 0.6) is 5.75 Å². The maximum Gasteiger partial charge on any atom is 0.120 e. The Bertz CT molecular complexity index is 509. The average Bonchev–Trinajstić information content (AvgIpc) is 2.81. The summed E-state index contributed by atoms with van der Waals surface area (Å²) in [5, 5.41) is 1.21. The zero-order valence-electron chi connectivity index (χ0n) is 11.0. The van der Waals surface area contributed by atoms with Gasteiger partial charge < -0.3 is 10.5 Å². The van der Waals surface area contributed by atoms with E-state index in [4.69, 9.17) is 10.5 Å². The van der Waals surface area contributed by atoms with Gasteiger partial charge in [-0.1, -0.05) is 13.8 Å². The number of hydrogen-bond acceptors (Lipinski definition) is 4. The van der Waals surface area contributed by atoms with E-state index in [-0.39, 0.29) is 0 Å². The van der Waals surface area contributed by atoms with Crippen molar-refractivity contribution in [3.8, 4) is 5.75 Å². The quantitative estimate of drug-likeness (QED) is 0.812. The lowest BCUT2D eigenvalue weighted by Crippen LogP contribution is -2.05. The van der Waals surface area contributed by atoms with E-state index >= 15 is 0 Å². The van der Waals surface area contributed by atoms with E-state index in [1.54, 1.807) is 11.3 Å². The summed E-state index contributed by atoms with van der Waals surface area (Å²) in [5.41, 5.74) is 6.52. The number of benzene rings is 1. The van der Waals surface area contributed by atoms with Gasteiger partial charge in [0.2, 0.25) is 0 Å². The standard InChI is InChI=1S/C14H20N2OS/c1-3-10(2)14-16-12-6-5-11(9-13(12)18-14)17-8-4-7-15/h5-6,9-10H,3-4,7-8,15H2,1-2H3. The van der Waals surface area contributed by atoms with Crippen molar-refractivity contribution in [1.29, 1.82) is 0 Å². The Morgan fingerprint density at radius 1 is 1.44 bits per heavy atom. The minimum absolute atomic E-state index is 0.531. The summed E-state index contributed by atoms with van der Waals surface area (Å²) >= 11 is 1.77. The fourth-order valence-electron chi connectivity index (χ4n) is 1.67. The fraction of sp³-hybridized carbons (Fsp3) is 0.500. The molecule has 0 saturated carbocycles. The number of hydrogen-bond donors (Lipinski definition) is 1. The first-order valence-corrected chi connectivity index (χ1v) is 7.29. The van der Waals surface area contributed by atoms with Crippen molar-refractivity contribution in [3.63, 3.8) is 0 Å². The zero-order valence-corrected chi connectivity index (χ0v) is 11.8. The summed E-state index contributed by atoms with van der Waals surface area (Å²) in [6, 6.07) is 6.10. The van der Waals surface area contributed by atoms with Crippen molar-refractivity contribution < 1.29 is 4.74 Å². The monoisotopic (exact) mass is 264 g/mol. The lowest BCUT2D eigenvalue weighted by atomic mass is 10.1. The number of nitrogens with two attached hydrogens (primary N) is 1. The van der Waals surface area contributed by atoms with Gasteiger partial charge in [-0.2, -0.15) is 0 Å². The fourth-order valence-corrected chi connectivity index (χ4v) is 2.80. The molecule has 18 heavy (non-hydrogen) atoms. The number of thiazole rings is 1. The lowest BCUT2D eigenvalue weighted by Gasteiger charge is -2.04. The first kappa shape index (κ1) is 13.3. The van der Waals surface area contributed by atoms with Crippen molar-refractivity contribution in [1.82, 2.24) is 4.98 Å². The normalized spacial score (nSPS) is 12.8. The van der Waals surface area contributed by atoms with Crippen LogP contribution in [0.25, 0.3) is 10.2 Å². The molecule has 0 spiro atoms. The zero-order chi connectivity index (χ0) is 13.0. The molecule has 1 heterocycles. The molecule has 1 unspecified atom stereocenters. The van der Waals surface area contributed by atoms with Crippen LogP contribution in [0.4, 0.5) is 0 Å². The molecule has 4 heteroatoms. The van der Waals surface area contributed by atoms with Gasteiger partial charge in [-0.3, -0.25) is 0 Å². The SMILES string of the molecule is CCC(C)c1nc2ccc(OCCCN)cc2s1. The average molecular weight is 264 g/mol. The van der Waals surface area contributed by atoms with Gasteiger partial charge >= 0.3 is 0 Å². The molecular formula is C14H20N2OS. The van der Waals surface area contributed by atoms with Gasteiger partial charge in [0.05, 0.1) is 21.8 Å². The second kappa shape index (κ2) is 6.16. The third-order valence-electron chi connectivity index (χ3n) is 3.03. The first-order chi connectivity index (χ1) is 8.74.